The Kier molecular flexibility index (Phi) is 4.12. The van der Waals surface area contributed by atoms with Gasteiger partial charge >= 0.3 is 0 Å². The van der Waals surface area contributed by atoms with Crippen LogP contribution in [0.3, 0.4) is 0 Å². The average Bonchev–Trinajstić information content (AvgIpc) is 3.05. The molecule has 0 N–H and O–H groups in total. The van der Waals surface area contributed by atoms with E-state index >= 15 is 0 Å². The molecule has 106 valence electrons. The van der Waals surface area contributed by atoms with Crippen molar-refractivity contribution in [2.24, 2.45) is 0 Å². The summed E-state index contributed by atoms with van der Waals surface area (Å²) < 4.78 is 5.48. The molecule has 1 atom stereocenters. The van der Waals surface area contributed by atoms with Crippen molar-refractivity contribution in [3.8, 4) is 0 Å². The van der Waals surface area contributed by atoms with Gasteiger partial charge in [-0.1, -0.05) is 0 Å². The van der Waals surface area contributed by atoms with Crippen molar-refractivity contribution in [3.05, 3.63) is 40.2 Å². The molecule has 1 saturated heterocycles. The molecule has 1 amide bonds. The average molecular weight is 308 g/mol. The SMILES string of the molecule is Cc1nc(C(=O)N2CCSC(c3ccco3)CC2)cs1. The van der Waals surface area contributed by atoms with E-state index < -0.39 is 0 Å². The quantitative estimate of drug-likeness (QED) is 0.853. The van der Waals surface area contributed by atoms with E-state index in [0.717, 1.165) is 36.0 Å². The number of aromatic nitrogens is 1. The molecule has 0 radical (unpaired) electrons. The topological polar surface area (TPSA) is 46.3 Å². The number of carbonyl (C=O) groups excluding carboxylic acids is 1. The molecule has 0 saturated carbocycles. The van der Waals surface area contributed by atoms with E-state index in [4.69, 9.17) is 4.42 Å². The molecule has 3 heterocycles. The Morgan fingerprint density at radius 2 is 2.40 bits per heavy atom. The summed E-state index contributed by atoms with van der Waals surface area (Å²) in [4.78, 5) is 18.6. The van der Waals surface area contributed by atoms with Gasteiger partial charge in [0.1, 0.15) is 11.5 Å². The van der Waals surface area contributed by atoms with E-state index in [1.807, 2.05) is 41.1 Å². The van der Waals surface area contributed by atoms with Gasteiger partial charge in [-0.3, -0.25) is 4.79 Å². The van der Waals surface area contributed by atoms with Crippen molar-refractivity contribution in [3.63, 3.8) is 0 Å². The van der Waals surface area contributed by atoms with Crippen LogP contribution < -0.4 is 0 Å². The maximum atomic E-state index is 12.4. The Morgan fingerprint density at radius 3 is 3.10 bits per heavy atom. The number of furan rings is 1. The van der Waals surface area contributed by atoms with E-state index in [1.165, 1.54) is 11.3 Å². The van der Waals surface area contributed by atoms with Crippen LogP contribution in [0, 0.1) is 6.92 Å². The number of amides is 1. The Morgan fingerprint density at radius 1 is 1.50 bits per heavy atom. The number of hydrogen-bond donors (Lipinski definition) is 0. The first-order valence-electron chi connectivity index (χ1n) is 6.60. The second kappa shape index (κ2) is 6.01. The molecular formula is C14H16N2O2S2. The zero-order chi connectivity index (χ0) is 13.9. The Labute approximate surface area is 126 Å². The Hall–Kier alpha value is -1.27. The Balaban J connectivity index is 1.66. The lowest BCUT2D eigenvalue weighted by Crippen LogP contribution is -2.33. The van der Waals surface area contributed by atoms with E-state index in [1.54, 1.807) is 6.26 Å². The molecular weight excluding hydrogens is 292 g/mol. The largest absolute Gasteiger partial charge is 0.468 e. The fraction of sp³-hybridized carbons (Fsp3) is 0.429. The summed E-state index contributed by atoms with van der Waals surface area (Å²) in [6, 6.07) is 3.93. The highest BCUT2D eigenvalue weighted by Crippen LogP contribution is 2.34. The predicted molar refractivity (Wildman–Crippen MR) is 81.3 cm³/mol. The number of rotatable bonds is 2. The highest BCUT2D eigenvalue weighted by atomic mass is 32.2. The van der Waals surface area contributed by atoms with Crippen LogP contribution in [-0.4, -0.2) is 34.6 Å². The van der Waals surface area contributed by atoms with Gasteiger partial charge in [-0.15, -0.1) is 23.1 Å². The van der Waals surface area contributed by atoms with E-state index in [0.29, 0.717) is 10.9 Å². The molecule has 20 heavy (non-hydrogen) atoms. The lowest BCUT2D eigenvalue weighted by molar-refractivity contribution is 0.0761. The first-order chi connectivity index (χ1) is 9.74. The minimum absolute atomic E-state index is 0.0510. The van der Waals surface area contributed by atoms with Crippen LogP contribution >= 0.6 is 23.1 Å². The fourth-order valence-electron chi connectivity index (χ4n) is 2.30. The van der Waals surface area contributed by atoms with Gasteiger partial charge in [0.15, 0.2) is 0 Å². The third kappa shape index (κ3) is 2.91. The van der Waals surface area contributed by atoms with Crippen LogP contribution in [0.25, 0.3) is 0 Å². The molecule has 0 bridgehead atoms. The second-order valence-corrected chi connectivity index (χ2v) is 7.08. The minimum atomic E-state index is 0.0510. The molecule has 1 unspecified atom stereocenters. The standard InChI is InChI=1S/C14H16N2O2S2/c1-10-15-11(9-20-10)14(17)16-5-4-13(19-8-6-16)12-3-2-7-18-12/h2-3,7,9,13H,4-6,8H2,1H3. The van der Waals surface area contributed by atoms with E-state index in [2.05, 4.69) is 4.98 Å². The van der Waals surface area contributed by atoms with Crippen LogP contribution in [0.5, 0.6) is 0 Å². The highest BCUT2D eigenvalue weighted by Gasteiger charge is 2.25. The van der Waals surface area contributed by atoms with Crippen molar-refractivity contribution in [2.45, 2.75) is 18.6 Å². The number of aryl methyl sites for hydroxylation is 1. The zero-order valence-corrected chi connectivity index (χ0v) is 12.9. The van der Waals surface area contributed by atoms with Crippen LogP contribution in [0.15, 0.2) is 28.2 Å². The predicted octanol–water partition coefficient (Wildman–Crippen LogP) is 3.36. The van der Waals surface area contributed by atoms with E-state index in [9.17, 15) is 4.79 Å². The molecule has 6 heteroatoms. The smallest absolute Gasteiger partial charge is 0.273 e. The molecule has 0 aliphatic carbocycles. The zero-order valence-electron chi connectivity index (χ0n) is 11.2. The van der Waals surface area contributed by atoms with Crippen LogP contribution in [0.1, 0.15) is 32.9 Å². The first kappa shape index (κ1) is 13.7. The summed E-state index contributed by atoms with van der Waals surface area (Å²) in [7, 11) is 0. The van der Waals surface area contributed by atoms with Crippen molar-refractivity contribution >= 4 is 29.0 Å². The molecule has 0 spiro atoms. The molecule has 1 aliphatic heterocycles. The third-order valence-corrected chi connectivity index (χ3v) is 5.39. The normalized spacial score (nSPS) is 19.9. The van der Waals surface area contributed by atoms with Gasteiger partial charge in [0.05, 0.1) is 16.5 Å². The van der Waals surface area contributed by atoms with Crippen LogP contribution in [-0.2, 0) is 0 Å². The summed E-state index contributed by atoms with van der Waals surface area (Å²) in [5.41, 5.74) is 0.578. The summed E-state index contributed by atoms with van der Waals surface area (Å²) in [5.74, 6) is 1.99. The lowest BCUT2D eigenvalue weighted by Gasteiger charge is -2.18. The minimum Gasteiger partial charge on any atom is -0.468 e. The number of hydrogen-bond acceptors (Lipinski definition) is 5. The number of thioether (sulfide) groups is 1. The molecule has 1 fully saturated rings. The van der Waals surface area contributed by atoms with E-state index in [-0.39, 0.29) is 5.91 Å². The lowest BCUT2D eigenvalue weighted by atomic mass is 10.2. The van der Waals surface area contributed by atoms with Crippen molar-refractivity contribution in [1.82, 2.24) is 9.88 Å². The third-order valence-electron chi connectivity index (χ3n) is 3.33. The number of nitrogens with zero attached hydrogens (tertiary/aromatic N) is 2. The fourth-order valence-corrected chi connectivity index (χ4v) is 4.07. The van der Waals surface area contributed by atoms with Gasteiger partial charge in [0.2, 0.25) is 0 Å². The van der Waals surface area contributed by atoms with Crippen LogP contribution in [0.4, 0.5) is 0 Å². The van der Waals surface area contributed by atoms with Gasteiger partial charge in [0.25, 0.3) is 5.91 Å². The second-order valence-electron chi connectivity index (χ2n) is 4.71. The number of thiazole rings is 1. The molecule has 2 aromatic rings. The molecule has 1 aliphatic rings. The van der Waals surface area contributed by atoms with Crippen molar-refractivity contribution in [1.29, 1.82) is 0 Å². The monoisotopic (exact) mass is 308 g/mol. The van der Waals surface area contributed by atoms with Gasteiger partial charge in [-0.25, -0.2) is 4.98 Å². The van der Waals surface area contributed by atoms with Crippen molar-refractivity contribution in [2.75, 3.05) is 18.8 Å². The van der Waals surface area contributed by atoms with Gasteiger partial charge in [-0.05, 0) is 25.5 Å². The van der Waals surface area contributed by atoms with Gasteiger partial charge < -0.3 is 9.32 Å². The summed E-state index contributed by atoms with van der Waals surface area (Å²) in [5, 5.41) is 3.13. The highest BCUT2D eigenvalue weighted by molar-refractivity contribution is 7.99. The van der Waals surface area contributed by atoms with Gasteiger partial charge in [-0.2, -0.15) is 0 Å². The maximum absolute atomic E-state index is 12.4. The number of carbonyl (C=O) groups is 1. The molecule has 4 nitrogen and oxygen atoms in total. The van der Waals surface area contributed by atoms with Gasteiger partial charge in [0, 0.05) is 24.2 Å². The summed E-state index contributed by atoms with van der Waals surface area (Å²) in [6.07, 6.45) is 2.63. The molecule has 0 aromatic carbocycles. The Bertz CT molecular complexity index is 580. The molecule has 3 rings (SSSR count). The van der Waals surface area contributed by atoms with Crippen LogP contribution in [0.2, 0.25) is 0 Å². The molecule has 2 aromatic heterocycles. The summed E-state index contributed by atoms with van der Waals surface area (Å²) >= 11 is 3.38. The first-order valence-corrected chi connectivity index (χ1v) is 8.53. The summed E-state index contributed by atoms with van der Waals surface area (Å²) in [6.45, 7) is 3.46. The van der Waals surface area contributed by atoms with Crippen molar-refractivity contribution < 1.29 is 9.21 Å². The maximum Gasteiger partial charge on any atom is 0.273 e.